The lowest BCUT2D eigenvalue weighted by Crippen LogP contribution is -2.51. The molecule has 0 bridgehead atoms. The van der Waals surface area contributed by atoms with Crippen LogP contribution in [0.15, 0.2) is 18.2 Å². The van der Waals surface area contributed by atoms with Gasteiger partial charge in [0, 0.05) is 13.1 Å². The molecule has 0 unspecified atom stereocenters. The molecule has 2 amide bonds. The van der Waals surface area contributed by atoms with Crippen LogP contribution in [-0.4, -0.2) is 63.1 Å². The Hall–Kier alpha value is -2.62. The molecule has 3 rings (SSSR count). The molecule has 0 radical (unpaired) electrons. The lowest BCUT2D eigenvalue weighted by molar-refractivity contribution is -0.143. The Morgan fingerprint density at radius 1 is 1.21 bits per heavy atom. The molecular formula is C18H23N3O6S. The van der Waals surface area contributed by atoms with Gasteiger partial charge in [-0.1, -0.05) is 0 Å². The summed E-state index contributed by atoms with van der Waals surface area (Å²) in [5, 5.41) is 0. The van der Waals surface area contributed by atoms with Gasteiger partial charge in [-0.3, -0.25) is 13.9 Å². The predicted octanol–water partition coefficient (Wildman–Crippen LogP) is 0.0319. The van der Waals surface area contributed by atoms with Gasteiger partial charge in [0.05, 0.1) is 17.5 Å². The molecule has 9 nitrogen and oxygen atoms in total. The van der Waals surface area contributed by atoms with E-state index in [1.165, 1.54) is 15.3 Å². The summed E-state index contributed by atoms with van der Waals surface area (Å²) in [4.78, 5) is 37.5. The molecule has 0 saturated carbocycles. The number of esters is 1. The van der Waals surface area contributed by atoms with Crippen LogP contribution in [0.1, 0.15) is 35.2 Å². The average molecular weight is 409 g/mol. The van der Waals surface area contributed by atoms with Crippen molar-refractivity contribution in [1.29, 1.82) is 0 Å². The molecule has 2 N–H and O–H groups in total. The highest BCUT2D eigenvalue weighted by Crippen LogP contribution is 2.30. The number of nitrogens with two attached hydrogens (primary N) is 1. The second kappa shape index (κ2) is 7.78. The maximum Gasteiger partial charge on any atom is 0.338 e. The molecule has 0 aliphatic carbocycles. The van der Waals surface area contributed by atoms with Gasteiger partial charge in [-0.2, -0.15) is 0 Å². The second-order valence-electron chi connectivity index (χ2n) is 7.01. The lowest BCUT2D eigenvalue weighted by Gasteiger charge is -2.33. The molecule has 2 aliphatic rings. The van der Waals surface area contributed by atoms with Gasteiger partial charge in [-0.15, -0.1) is 0 Å². The number of ether oxygens (including phenoxy) is 1. The maximum absolute atomic E-state index is 12.4. The van der Waals surface area contributed by atoms with E-state index in [2.05, 4.69) is 0 Å². The molecule has 0 spiro atoms. The molecule has 152 valence electrons. The van der Waals surface area contributed by atoms with E-state index in [0.29, 0.717) is 31.6 Å². The third kappa shape index (κ3) is 4.11. The zero-order chi connectivity index (χ0) is 20.5. The van der Waals surface area contributed by atoms with Crippen molar-refractivity contribution in [3.05, 3.63) is 29.3 Å². The van der Waals surface area contributed by atoms with Gasteiger partial charge in [0.1, 0.15) is 6.04 Å². The van der Waals surface area contributed by atoms with E-state index in [4.69, 9.17) is 10.5 Å². The topological polar surface area (TPSA) is 127 Å². The molecule has 28 heavy (non-hydrogen) atoms. The highest BCUT2D eigenvalue weighted by Gasteiger charge is 2.31. The number of primary amides is 1. The van der Waals surface area contributed by atoms with E-state index < -0.39 is 40.5 Å². The summed E-state index contributed by atoms with van der Waals surface area (Å²) in [6.45, 7) is 0.258. The highest BCUT2D eigenvalue weighted by atomic mass is 32.2. The zero-order valence-corrected chi connectivity index (χ0v) is 16.4. The summed E-state index contributed by atoms with van der Waals surface area (Å²) < 4.78 is 30.0. The van der Waals surface area contributed by atoms with Crippen LogP contribution in [0.5, 0.6) is 0 Å². The number of hydrogen-bond donors (Lipinski definition) is 1. The summed E-state index contributed by atoms with van der Waals surface area (Å²) in [5.41, 5.74) is 6.87. The summed E-state index contributed by atoms with van der Waals surface area (Å²) in [6.07, 6.45) is 3.73. The Morgan fingerprint density at radius 3 is 2.64 bits per heavy atom. The summed E-state index contributed by atoms with van der Waals surface area (Å²) >= 11 is 0. The largest absolute Gasteiger partial charge is 0.452 e. The number of piperidine rings is 1. The van der Waals surface area contributed by atoms with Gasteiger partial charge in [0.15, 0.2) is 6.61 Å². The van der Waals surface area contributed by atoms with Gasteiger partial charge < -0.3 is 15.4 Å². The third-order valence-corrected chi connectivity index (χ3v) is 6.23. The summed E-state index contributed by atoms with van der Waals surface area (Å²) in [7, 11) is -3.37. The number of fused-ring (bicyclic) bond motifs is 1. The predicted molar refractivity (Wildman–Crippen MR) is 101 cm³/mol. The minimum atomic E-state index is -3.37. The van der Waals surface area contributed by atoms with E-state index in [0.717, 1.165) is 24.7 Å². The van der Waals surface area contributed by atoms with E-state index in [1.807, 2.05) is 0 Å². The molecule has 1 aromatic carbocycles. The third-order valence-electron chi connectivity index (χ3n) is 5.05. The monoisotopic (exact) mass is 409 g/mol. The van der Waals surface area contributed by atoms with E-state index in [1.54, 1.807) is 12.1 Å². The van der Waals surface area contributed by atoms with E-state index in [9.17, 15) is 22.8 Å². The van der Waals surface area contributed by atoms with Crippen LogP contribution in [0.3, 0.4) is 0 Å². The number of carbonyl (C=O) groups is 3. The summed E-state index contributed by atoms with van der Waals surface area (Å²) in [6, 6.07) is 3.96. The van der Waals surface area contributed by atoms with Crippen LogP contribution in [0.4, 0.5) is 5.69 Å². The molecule has 1 saturated heterocycles. The van der Waals surface area contributed by atoms with Crippen molar-refractivity contribution in [3.8, 4) is 0 Å². The number of hydrogen-bond acceptors (Lipinski definition) is 6. The Labute approximate surface area is 163 Å². The Bertz CT molecular complexity index is 914. The average Bonchev–Trinajstić information content (AvgIpc) is 3.09. The summed E-state index contributed by atoms with van der Waals surface area (Å²) in [5.74, 6) is -1.70. The van der Waals surface area contributed by atoms with Crippen molar-refractivity contribution in [2.75, 3.05) is 30.3 Å². The first-order valence-corrected chi connectivity index (χ1v) is 10.9. The number of nitrogens with zero attached hydrogens (tertiary/aromatic N) is 2. The molecule has 2 heterocycles. The first kappa shape index (κ1) is 20.1. The standard InChI is InChI=1S/C18H23N3O6S/c1-28(25,26)21-9-7-12-10-13(5-6-14(12)21)18(24)27-11-16(22)20-8-3-2-4-15(20)17(19)23/h5-6,10,15H,2-4,7-9,11H2,1H3,(H2,19,23)/t15-/m1/s1. The van der Waals surface area contributed by atoms with Gasteiger partial charge in [-0.25, -0.2) is 13.2 Å². The van der Waals surface area contributed by atoms with E-state index >= 15 is 0 Å². The van der Waals surface area contributed by atoms with Gasteiger partial charge in [0.2, 0.25) is 15.9 Å². The van der Waals surface area contributed by atoms with Gasteiger partial charge in [0.25, 0.3) is 5.91 Å². The molecule has 1 atom stereocenters. The Kier molecular flexibility index (Phi) is 5.59. The molecule has 2 aliphatic heterocycles. The Morgan fingerprint density at radius 2 is 1.96 bits per heavy atom. The smallest absolute Gasteiger partial charge is 0.338 e. The molecule has 1 fully saturated rings. The fourth-order valence-electron chi connectivity index (χ4n) is 3.66. The van der Waals surface area contributed by atoms with Crippen LogP contribution < -0.4 is 10.0 Å². The van der Waals surface area contributed by atoms with Crippen molar-refractivity contribution in [3.63, 3.8) is 0 Å². The van der Waals surface area contributed by atoms with Crippen LogP contribution in [-0.2, 0) is 30.8 Å². The van der Waals surface area contributed by atoms with Crippen molar-refractivity contribution in [2.45, 2.75) is 31.7 Å². The van der Waals surface area contributed by atoms with Crippen LogP contribution >= 0.6 is 0 Å². The maximum atomic E-state index is 12.4. The lowest BCUT2D eigenvalue weighted by atomic mass is 10.0. The number of carbonyl (C=O) groups excluding carboxylic acids is 3. The SMILES string of the molecule is CS(=O)(=O)N1CCc2cc(C(=O)OCC(=O)N3CCCC[C@@H]3C(N)=O)ccc21. The van der Waals surface area contributed by atoms with Gasteiger partial charge in [-0.05, 0) is 49.4 Å². The van der Waals surface area contributed by atoms with Crippen LogP contribution in [0.25, 0.3) is 0 Å². The Balaban J connectivity index is 1.64. The number of amides is 2. The molecule has 10 heteroatoms. The van der Waals surface area contributed by atoms with Crippen molar-refractivity contribution in [1.82, 2.24) is 4.90 Å². The molecule has 0 aromatic heterocycles. The number of sulfonamides is 1. The fourth-order valence-corrected chi connectivity index (χ4v) is 4.62. The zero-order valence-electron chi connectivity index (χ0n) is 15.6. The van der Waals surface area contributed by atoms with E-state index in [-0.39, 0.29) is 5.56 Å². The normalized spacial score (nSPS) is 19.2. The number of anilines is 1. The first-order chi connectivity index (χ1) is 13.2. The van der Waals surface area contributed by atoms with Crippen LogP contribution in [0.2, 0.25) is 0 Å². The molecule has 1 aromatic rings. The second-order valence-corrected chi connectivity index (χ2v) is 8.91. The first-order valence-electron chi connectivity index (χ1n) is 9.05. The highest BCUT2D eigenvalue weighted by molar-refractivity contribution is 7.92. The number of benzene rings is 1. The quantitative estimate of drug-likeness (QED) is 0.684. The number of rotatable bonds is 5. The molecular weight excluding hydrogens is 386 g/mol. The fraction of sp³-hybridized carbons (Fsp3) is 0.500. The minimum absolute atomic E-state index is 0.243. The minimum Gasteiger partial charge on any atom is -0.452 e. The number of likely N-dealkylation sites (tertiary alicyclic amines) is 1. The van der Waals surface area contributed by atoms with Crippen molar-refractivity contribution in [2.24, 2.45) is 5.73 Å². The van der Waals surface area contributed by atoms with Crippen molar-refractivity contribution >= 4 is 33.5 Å². The van der Waals surface area contributed by atoms with Gasteiger partial charge >= 0.3 is 5.97 Å². The van der Waals surface area contributed by atoms with Crippen LogP contribution in [0, 0.1) is 0 Å². The van der Waals surface area contributed by atoms with Crippen molar-refractivity contribution < 1.29 is 27.5 Å².